The van der Waals surface area contributed by atoms with Gasteiger partial charge in [-0.2, -0.15) is 0 Å². The lowest BCUT2D eigenvalue weighted by Gasteiger charge is -2.39. The van der Waals surface area contributed by atoms with Crippen molar-refractivity contribution in [1.29, 1.82) is 0 Å². The molecule has 1 amide bonds. The minimum atomic E-state index is -1.07. The van der Waals surface area contributed by atoms with Gasteiger partial charge in [0.2, 0.25) is 0 Å². The van der Waals surface area contributed by atoms with E-state index in [1.54, 1.807) is 4.90 Å². The highest BCUT2D eigenvalue weighted by Crippen LogP contribution is 2.28. The van der Waals surface area contributed by atoms with Crippen LogP contribution in [0.2, 0.25) is 0 Å². The van der Waals surface area contributed by atoms with Crippen LogP contribution in [0.25, 0.3) is 0 Å². The quantitative estimate of drug-likeness (QED) is 0.842. The lowest BCUT2D eigenvalue weighted by atomic mass is 9.87. The number of anilines is 1. The maximum atomic E-state index is 12.3. The highest BCUT2D eigenvalue weighted by molar-refractivity contribution is 5.83. The molecule has 6 nitrogen and oxygen atoms in total. The van der Waals surface area contributed by atoms with Crippen LogP contribution in [-0.2, 0) is 16.1 Å². The van der Waals surface area contributed by atoms with Crippen molar-refractivity contribution in [1.82, 2.24) is 4.90 Å². The Hall–Kier alpha value is -3.02. The predicted molar refractivity (Wildman–Crippen MR) is 103 cm³/mol. The summed E-state index contributed by atoms with van der Waals surface area (Å²) in [6.45, 7) is 2.88. The van der Waals surface area contributed by atoms with Crippen LogP contribution in [0.3, 0.4) is 0 Å². The monoisotopic (exact) mass is 368 g/mol. The van der Waals surface area contributed by atoms with E-state index in [1.807, 2.05) is 61.5 Å². The second-order valence-electron chi connectivity index (χ2n) is 6.91. The Morgan fingerprint density at radius 3 is 2.30 bits per heavy atom. The van der Waals surface area contributed by atoms with Crippen molar-refractivity contribution in [2.75, 3.05) is 18.4 Å². The summed E-state index contributed by atoms with van der Waals surface area (Å²) in [7, 11) is 0. The van der Waals surface area contributed by atoms with Crippen LogP contribution < -0.4 is 5.32 Å². The fourth-order valence-corrected chi connectivity index (χ4v) is 3.18. The molecule has 0 unspecified atom stereocenters. The number of carboxylic acid groups (broad SMARTS) is 1. The SMILES string of the molecule is Cc1ccc(COC(=O)N2CCC(Nc3ccccc3)(C(=O)O)CC2)cc1. The molecule has 2 aromatic carbocycles. The second-order valence-corrected chi connectivity index (χ2v) is 6.91. The number of ether oxygens (including phenoxy) is 1. The first-order valence-corrected chi connectivity index (χ1v) is 9.02. The number of nitrogens with zero attached hydrogens (tertiary/aromatic N) is 1. The molecule has 1 saturated heterocycles. The molecule has 6 heteroatoms. The van der Waals surface area contributed by atoms with Gasteiger partial charge >= 0.3 is 12.1 Å². The maximum Gasteiger partial charge on any atom is 0.410 e. The van der Waals surface area contributed by atoms with Crippen LogP contribution in [0.1, 0.15) is 24.0 Å². The smallest absolute Gasteiger partial charge is 0.410 e. The average molecular weight is 368 g/mol. The molecule has 2 aromatic rings. The van der Waals surface area contributed by atoms with Crippen molar-refractivity contribution in [2.24, 2.45) is 0 Å². The number of likely N-dealkylation sites (tertiary alicyclic amines) is 1. The Kier molecular flexibility index (Phi) is 5.64. The first kappa shape index (κ1) is 18.8. The van der Waals surface area contributed by atoms with E-state index in [0.29, 0.717) is 25.9 Å². The molecule has 0 aromatic heterocycles. The molecule has 27 heavy (non-hydrogen) atoms. The van der Waals surface area contributed by atoms with Gasteiger partial charge in [-0.25, -0.2) is 9.59 Å². The Balaban J connectivity index is 1.56. The van der Waals surface area contributed by atoms with Crippen LogP contribution in [0.4, 0.5) is 10.5 Å². The third-order valence-corrected chi connectivity index (χ3v) is 4.92. The number of hydrogen-bond acceptors (Lipinski definition) is 4. The molecule has 1 aliphatic heterocycles. The number of carbonyl (C=O) groups excluding carboxylic acids is 1. The summed E-state index contributed by atoms with van der Waals surface area (Å²) < 4.78 is 5.37. The number of carbonyl (C=O) groups is 2. The second kappa shape index (κ2) is 8.12. The van der Waals surface area contributed by atoms with Gasteiger partial charge in [-0.1, -0.05) is 48.0 Å². The summed E-state index contributed by atoms with van der Waals surface area (Å²) in [5, 5.41) is 12.9. The lowest BCUT2D eigenvalue weighted by Crippen LogP contribution is -2.55. The molecule has 1 aliphatic rings. The molecular formula is C21H24N2O4. The molecule has 0 bridgehead atoms. The summed E-state index contributed by atoms with van der Waals surface area (Å²) in [5.41, 5.74) is 1.76. The van der Waals surface area contributed by atoms with Gasteiger partial charge < -0.3 is 20.1 Å². The normalized spacial score (nSPS) is 15.8. The third kappa shape index (κ3) is 4.58. The van der Waals surface area contributed by atoms with E-state index in [2.05, 4.69) is 5.32 Å². The number of rotatable bonds is 5. The number of amides is 1. The van der Waals surface area contributed by atoms with Crippen LogP contribution in [0.15, 0.2) is 54.6 Å². The van der Waals surface area contributed by atoms with Gasteiger partial charge in [-0.15, -0.1) is 0 Å². The highest BCUT2D eigenvalue weighted by atomic mass is 16.6. The summed E-state index contributed by atoms with van der Waals surface area (Å²) >= 11 is 0. The molecular weight excluding hydrogens is 344 g/mol. The summed E-state index contributed by atoms with van der Waals surface area (Å²) in [4.78, 5) is 25.8. The Labute approximate surface area is 158 Å². The van der Waals surface area contributed by atoms with Crippen molar-refractivity contribution in [3.05, 3.63) is 65.7 Å². The molecule has 0 aliphatic carbocycles. The van der Waals surface area contributed by atoms with Crippen molar-refractivity contribution >= 4 is 17.7 Å². The highest BCUT2D eigenvalue weighted by Gasteiger charge is 2.42. The van der Waals surface area contributed by atoms with E-state index >= 15 is 0 Å². The number of para-hydroxylation sites is 1. The van der Waals surface area contributed by atoms with Gasteiger partial charge in [0.25, 0.3) is 0 Å². The number of piperidine rings is 1. The first-order chi connectivity index (χ1) is 13.0. The van der Waals surface area contributed by atoms with Crippen LogP contribution in [-0.4, -0.2) is 40.7 Å². The van der Waals surface area contributed by atoms with E-state index < -0.39 is 17.6 Å². The Morgan fingerprint density at radius 1 is 1.07 bits per heavy atom. The van der Waals surface area contributed by atoms with Crippen molar-refractivity contribution in [2.45, 2.75) is 31.9 Å². The van der Waals surface area contributed by atoms with Gasteiger partial charge in [0.15, 0.2) is 0 Å². The van der Waals surface area contributed by atoms with Crippen molar-refractivity contribution in [3.8, 4) is 0 Å². The topological polar surface area (TPSA) is 78.9 Å². The summed E-state index contributed by atoms with van der Waals surface area (Å²) in [6.07, 6.45) is 0.225. The van der Waals surface area contributed by atoms with Gasteiger partial charge in [0.05, 0.1) is 0 Å². The van der Waals surface area contributed by atoms with E-state index in [9.17, 15) is 14.7 Å². The van der Waals surface area contributed by atoms with Crippen LogP contribution >= 0.6 is 0 Å². The Bertz CT molecular complexity index is 782. The fourth-order valence-electron chi connectivity index (χ4n) is 3.18. The van der Waals surface area contributed by atoms with Gasteiger partial charge in [-0.3, -0.25) is 0 Å². The van der Waals surface area contributed by atoms with E-state index in [0.717, 1.165) is 16.8 Å². The molecule has 0 atom stereocenters. The zero-order valence-electron chi connectivity index (χ0n) is 15.4. The van der Waals surface area contributed by atoms with Crippen LogP contribution in [0, 0.1) is 6.92 Å². The number of aryl methyl sites for hydroxylation is 1. The zero-order chi connectivity index (χ0) is 19.3. The molecule has 142 valence electrons. The van der Waals surface area contributed by atoms with Gasteiger partial charge in [-0.05, 0) is 37.5 Å². The molecule has 2 N–H and O–H groups in total. The molecule has 3 rings (SSSR count). The average Bonchev–Trinajstić information content (AvgIpc) is 2.68. The number of hydrogen-bond donors (Lipinski definition) is 2. The van der Waals surface area contributed by atoms with E-state index in [4.69, 9.17) is 4.74 Å². The summed E-state index contributed by atoms with van der Waals surface area (Å²) in [6, 6.07) is 17.1. The summed E-state index contributed by atoms with van der Waals surface area (Å²) in [5.74, 6) is -0.904. The molecule has 1 heterocycles. The number of benzene rings is 2. The van der Waals surface area contributed by atoms with E-state index in [-0.39, 0.29) is 6.61 Å². The third-order valence-electron chi connectivity index (χ3n) is 4.92. The molecule has 0 radical (unpaired) electrons. The number of aliphatic carboxylic acids is 1. The van der Waals surface area contributed by atoms with Gasteiger partial charge in [0, 0.05) is 18.8 Å². The molecule has 0 saturated carbocycles. The standard InChI is InChI=1S/C21H24N2O4/c1-16-7-9-17(10-8-16)15-27-20(26)23-13-11-21(12-14-23,19(24)25)22-18-5-3-2-4-6-18/h2-10,22H,11-15H2,1H3,(H,24,25). The fraction of sp³-hybridized carbons (Fsp3) is 0.333. The lowest BCUT2D eigenvalue weighted by molar-refractivity contribution is -0.144. The molecule has 1 fully saturated rings. The zero-order valence-corrected chi connectivity index (χ0v) is 15.4. The minimum absolute atomic E-state index is 0.210. The van der Waals surface area contributed by atoms with E-state index in [1.165, 1.54) is 0 Å². The van der Waals surface area contributed by atoms with Crippen molar-refractivity contribution in [3.63, 3.8) is 0 Å². The van der Waals surface area contributed by atoms with Gasteiger partial charge in [0.1, 0.15) is 12.1 Å². The first-order valence-electron chi connectivity index (χ1n) is 9.02. The Morgan fingerprint density at radius 2 is 1.70 bits per heavy atom. The maximum absolute atomic E-state index is 12.3. The largest absolute Gasteiger partial charge is 0.480 e. The minimum Gasteiger partial charge on any atom is -0.480 e. The number of carboxylic acids is 1. The van der Waals surface area contributed by atoms with Crippen LogP contribution in [0.5, 0.6) is 0 Å². The van der Waals surface area contributed by atoms with Crippen molar-refractivity contribution < 1.29 is 19.4 Å². The molecule has 0 spiro atoms. The number of nitrogens with one attached hydrogen (secondary N) is 1. The predicted octanol–water partition coefficient (Wildman–Crippen LogP) is 3.66.